The molecule has 3 aromatic rings. The van der Waals surface area contributed by atoms with Gasteiger partial charge in [-0.15, -0.1) is 0 Å². The Hall–Kier alpha value is -3.05. The Morgan fingerprint density at radius 2 is 1.93 bits per heavy atom. The lowest BCUT2D eigenvalue weighted by molar-refractivity contribution is -0.384. The number of anilines is 1. The predicted octanol–water partition coefficient (Wildman–Crippen LogP) is 4.38. The summed E-state index contributed by atoms with van der Waals surface area (Å²) in [4.78, 5) is 14.4. The van der Waals surface area contributed by atoms with Crippen LogP contribution >= 0.6 is 11.3 Å². The number of benzene rings is 2. The zero-order chi connectivity index (χ0) is 21.0. The van der Waals surface area contributed by atoms with Crippen LogP contribution in [0.25, 0.3) is 10.2 Å². The molecule has 29 heavy (non-hydrogen) atoms. The van der Waals surface area contributed by atoms with E-state index in [1.165, 1.54) is 24.3 Å². The molecule has 0 radical (unpaired) electrons. The van der Waals surface area contributed by atoms with Crippen LogP contribution in [0.5, 0.6) is 0 Å². The molecule has 11 heteroatoms. The average Bonchev–Trinajstić information content (AvgIpc) is 3.22. The normalized spacial score (nSPS) is 19.6. The Kier molecular flexibility index (Phi) is 4.32. The predicted molar refractivity (Wildman–Crippen MR) is 102 cm³/mol. The van der Waals surface area contributed by atoms with Crippen LogP contribution < -0.4 is 5.01 Å². The van der Waals surface area contributed by atoms with Crippen molar-refractivity contribution >= 4 is 38.1 Å². The number of aromatic nitrogens is 1. The molecule has 1 aliphatic heterocycles. The summed E-state index contributed by atoms with van der Waals surface area (Å²) in [5.74, 6) is 0. The lowest BCUT2D eigenvalue weighted by Crippen LogP contribution is -2.55. The van der Waals surface area contributed by atoms with Crippen molar-refractivity contribution in [2.24, 2.45) is 5.10 Å². The molecule has 2 heterocycles. The van der Waals surface area contributed by atoms with Gasteiger partial charge in [-0.25, -0.2) is 4.98 Å². The Morgan fingerprint density at radius 3 is 2.55 bits per heavy atom. The number of halogens is 3. The number of non-ortho nitro benzene ring substituents is 1. The number of aryl methyl sites for hydroxylation is 1. The molecule has 0 aliphatic carbocycles. The minimum absolute atomic E-state index is 0.0461. The Balaban J connectivity index is 1.80. The molecule has 0 spiro atoms. The quantitative estimate of drug-likeness (QED) is 0.500. The van der Waals surface area contributed by atoms with Crippen molar-refractivity contribution in [3.05, 3.63) is 63.7 Å². The van der Waals surface area contributed by atoms with E-state index in [0.717, 1.165) is 16.9 Å². The van der Waals surface area contributed by atoms with Gasteiger partial charge in [0.15, 0.2) is 0 Å². The zero-order valence-electron chi connectivity index (χ0n) is 14.8. The van der Waals surface area contributed by atoms with Crippen molar-refractivity contribution < 1.29 is 23.2 Å². The molecule has 1 unspecified atom stereocenters. The van der Waals surface area contributed by atoms with Crippen LogP contribution in [-0.4, -0.2) is 32.6 Å². The highest BCUT2D eigenvalue weighted by Gasteiger charge is 2.62. The van der Waals surface area contributed by atoms with Gasteiger partial charge in [0.05, 0.1) is 27.3 Å². The molecule has 0 saturated carbocycles. The average molecular weight is 422 g/mol. The number of rotatable bonds is 3. The van der Waals surface area contributed by atoms with Crippen molar-refractivity contribution in [1.29, 1.82) is 0 Å². The van der Waals surface area contributed by atoms with Gasteiger partial charge < -0.3 is 5.11 Å². The van der Waals surface area contributed by atoms with Crippen molar-refractivity contribution in [2.75, 3.05) is 5.01 Å². The van der Waals surface area contributed by atoms with E-state index in [9.17, 15) is 28.4 Å². The number of thiazole rings is 1. The van der Waals surface area contributed by atoms with Crippen molar-refractivity contribution in [2.45, 2.75) is 25.2 Å². The van der Waals surface area contributed by atoms with Gasteiger partial charge in [0.1, 0.15) is 0 Å². The van der Waals surface area contributed by atoms with Crippen LogP contribution in [0.3, 0.4) is 0 Å². The molecule has 1 aliphatic rings. The second-order valence-corrected chi connectivity index (χ2v) is 7.63. The van der Waals surface area contributed by atoms with E-state index in [1.54, 1.807) is 18.2 Å². The molecular weight excluding hydrogens is 409 g/mol. The standard InChI is InChI=1S/C18H13F3N4O3S/c1-10-2-7-13-15(8-10)29-16(22-13)24-17(26,18(19,20)21)9-14(23-24)11-3-5-12(6-4-11)25(27)28/h2-8,26H,9H2,1H3. The summed E-state index contributed by atoms with van der Waals surface area (Å²) in [6.45, 7) is 1.85. The van der Waals surface area contributed by atoms with Gasteiger partial charge in [-0.3, -0.25) is 10.1 Å². The number of nitro groups is 1. The van der Waals surface area contributed by atoms with E-state index in [-0.39, 0.29) is 22.1 Å². The van der Waals surface area contributed by atoms with Gasteiger partial charge in [0.2, 0.25) is 5.13 Å². The van der Waals surface area contributed by atoms with E-state index < -0.39 is 23.2 Å². The lowest BCUT2D eigenvalue weighted by Gasteiger charge is -2.32. The van der Waals surface area contributed by atoms with E-state index in [4.69, 9.17) is 0 Å². The summed E-state index contributed by atoms with van der Waals surface area (Å²) in [6, 6.07) is 10.2. The summed E-state index contributed by atoms with van der Waals surface area (Å²) >= 11 is 0.989. The lowest BCUT2D eigenvalue weighted by atomic mass is 10.0. The van der Waals surface area contributed by atoms with Crippen molar-refractivity contribution in [3.63, 3.8) is 0 Å². The first-order chi connectivity index (χ1) is 13.6. The van der Waals surface area contributed by atoms with Gasteiger partial charge in [-0.05, 0) is 42.3 Å². The molecule has 4 rings (SSSR count). The molecule has 0 fully saturated rings. The monoisotopic (exact) mass is 422 g/mol. The fourth-order valence-corrected chi connectivity index (χ4v) is 4.10. The third kappa shape index (κ3) is 3.21. The van der Waals surface area contributed by atoms with Crippen LogP contribution in [0.2, 0.25) is 0 Å². The summed E-state index contributed by atoms with van der Waals surface area (Å²) < 4.78 is 42.0. The number of alkyl halides is 3. The zero-order valence-corrected chi connectivity index (χ0v) is 15.7. The summed E-state index contributed by atoms with van der Waals surface area (Å²) in [7, 11) is 0. The van der Waals surface area contributed by atoms with Gasteiger partial charge in [-0.2, -0.15) is 23.3 Å². The maximum Gasteiger partial charge on any atom is 0.438 e. The SMILES string of the molecule is Cc1ccc2nc(N3N=C(c4ccc([N+](=O)[O-])cc4)CC3(O)C(F)(F)F)sc2c1. The summed E-state index contributed by atoms with van der Waals surface area (Å²) in [5, 5.41) is 25.7. The fourth-order valence-electron chi connectivity index (χ4n) is 3.01. The Bertz CT molecular complexity index is 1140. The smallest absolute Gasteiger partial charge is 0.362 e. The minimum Gasteiger partial charge on any atom is -0.362 e. The molecule has 1 N–H and O–H groups in total. The van der Waals surface area contributed by atoms with Gasteiger partial charge in [0, 0.05) is 12.1 Å². The molecule has 0 amide bonds. The van der Waals surface area contributed by atoms with E-state index in [1.807, 2.05) is 6.92 Å². The Labute approximate surface area is 165 Å². The molecule has 7 nitrogen and oxygen atoms in total. The number of fused-ring (bicyclic) bond motifs is 1. The van der Waals surface area contributed by atoms with Crippen molar-refractivity contribution in [1.82, 2.24) is 4.98 Å². The molecule has 1 atom stereocenters. The van der Waals surface area contributed by atoms with Crippen molar-refractivity contribution in [3.8, 4) is 0 Å². The van der Waals surface area contributed by atoms with E-state index >= 15 is 0 Å². The summed E-state index contributed by atoms with van der Waals surface area (Å²) in [6.07, 6.45) is -5.84. The number of aliphatic hydroxyl groups is 1. The highest BCUT2D eigenvalue weighted by molar-refractivity contribution is 7.22. The largest absolute Gasteiger partial charge is 0.438 e. The number of hydrazone groups is 1. The van der Waals surface area contributed by atoms with E-state index in [2.05, 4.69) is 10.1 Å². The third-order valence-electron chi connectivity index (χ3n) is 4.56. The van der Waals surface area contributed by atoms with Gasteiger partial charge >= 0.3 is 6.18 Å². The molecule has 0 bridgehead atoms. The first-order valence-corrected chi connectivity index (χ1v) is 9.19. The number of hydrogen-bond donors (Lipinski definition) is 1. The summed E-state index contributed by atoms with van der Waals surface area (Å²) in [5.41, 5.74) is -1.84. The molecule has 2 aromatic carbocycles. The third-order valence-corrected chi connectivity index (χ3v) is 5.56. The minimum atomic E-state index is -5.01. The molecule has 1 aromatic heterocycles. The number of hydrogen-bond acceptors (Lipinski definition) is 7. The van der Waals surface area contributed by atoms with Gasteiger partial charge in [-0.1, -0.05) is 17.4 Å². The van der Waals surface area contributed by atoms with Gasteiger partial charge in [0.25, 0.3) is 11.4 Å². The van der Waals surface area contributed by atoms with Crippen LogP contribution in [0.1, 0.15) is 17.5 Å². The number of nitrogens with zero attached hydrogens (tertiary/aromatic N) is 4. The van der Waals surface area contributed by atoms with Crippen LogP contribution in [0.15, 0.2) is 47.6 Å². The van der Waals surface area contributed by atoms with E-state index in [0.29, 0.717) is 15.2 Å². The fraction of sp³-hybridized carbons (Fsp3) is 0.222. The van der Waals surface area contributed by atoms with Crippen LogP contribution in [0.4, 0.5) is 24.0 Å². The second-order valence-electron chi connectivity index (χ2n) is 6.62. The second kappa shape index (κ2) is 6.49. The molecule has 0 saturated heterocycles. The first kappa shape index (κ1) is 19.3. The highest BCUT2D eigenvalue weighted by Crippen LogP contribution is 2.45. The topological polar surface area (TPSA) is 91.9 Å². The Morgan fingerprint density at radius 1 is 1.24 bits per heavy atom. The van der Waals surface area contributed by atoms with Crippen LogP contribution in [0, 0.1) is 17.0 Å². The van der Waals surface area contributed by atoms with Crippen LogP contribution in [-0.2, 0) is 0 Å². The number of nitro benzene ring substituents is 1. The molecule has 150 valence electrons. The maximum atomic E-state index is 13.8. The highest BCUT2D eigenvalue weighted by atomic mass is 32.1. The molecular formula is C18H13F3N4O3S. The first-order valence-electron chi connectivity index (χ1n) is 8.37. The maximum absolute atomic E-state index is 13.8.